The highest BCUT2D eigenvalue weighted by atomic mass is 28.3. The molecule has 3 rings (SSSR count). The lowest BCUT2D eigenvalue weighted by molar-refractivity contribution is -0.133. The molecule has 3 heteroatoms. The topological polar surface area (TPSA) is 26.3 Å². The minimum Gasteiger partial charge on any atom is -0.494 e. The lowest BCUT2D eigenvalue weighted by Gasteiger charge is -2.05. The zero-order valence-corrected chi connectivity index (χ0v) is 15.7. The van der Waals surface area contributed by atoms with Crippen molar-refractivity contribution in [1.82, 2.24) is 0 Å². The fourth-order valence-corrected chi connectivity index (χ4v) is 3.28. The third-order valence-corrected chi connectivity index (χ3v) is 4.73. The summed E-state index contributed by atoms with van der Waals surface area (Å²) in [5.41, 5.74) is 8.78. The zero-order chi connectivity index (χ0) is 18.7. The van der Waals surface area contributed by atoms with Crippen molar-refractivity contribution in [3.63, 3.8) is 0 Å². The van der Waals surface area contributed by atoms with Crippen LogP contribution in [0.5, 0.6) is 0 Å². The number of rotatable bonds is 3. The Bertz CT molecular complexity index is 934. The second-order valence-corrected chi connectivity index (χ2v) is 7.06. The molecule has 0 aromatic heterocycles. The maximum Gasteiger partial charge on any atom is 0.470 e. The molecule has 2 nitrogen and oxygen atoms in total. The molecule has 0 amide bonds. The first-order valence-corrected chi connectivity index (χ1v) is 9.96. The third kappa shape index (κ3) is 6.36. The van der Waals surface area contributed by atoms with Crippen molar-refractivity contribution < 1.29 is 9.22 Å². The van der Waals surface area contributed by atoms with Crippen LogP contribution in [0.25, 0.3) is 0 Å². The van der Waals surface area contributed by atoms with Crippen molar-refractivity contribution in [2.45, 2.75) is 6.42 Å². The van der Waals surface area contributed by atoms with Gasteiger partial charge in [0.25, 0.3) is 5.97 Å². The van der Waals surface area contributed by atoms with Crippen LogP contribution in [0.1, 0.15) is 16.7 Å². The molecule has 3 aromatic rings. The summed E-state index contributed by atoms with van der Waals surface area (Å²) in [6.07, 6.45) is 0.217. The van der Waals surface area contributed by atoms with Gasteiger partial charge in [0.15, 0.2) is 0 Å². The second kappa shape index (κ2) is 9.82. The highest BCUT2D eigenvalue weighted by Gasteiger charge is 2.15. The average Bonchev–Trinajstić information content (AvgIpc) is 2.72. The molecule has 27 heavy (non-hydrogen) atoms. The molecular formula is C24H17O2Si. The quantitative estimate of drug-likeness (QED) is 0.519. The lowest BCUT2D eigenvalue weighted by Crippen LogP contribution is -2.21. The molecule has 0 heterocycles. The molecule has 3 aromatic carbocycles. The standard InChI is InChI=1S/C24H17O2Si/c25-24(20-23-14-8-3-9-15-23)26-27(18-16-21-10-4-1-5-11-21)19-17-22-12-6-2-7-13-22/h1-15H,20H2. The number of hydrogen-bond donors (Lipinski definition) is 0. The van der Waals surface area contributed by atoms with E-state index in [0.717, 1.165) is 16.7 Å². The molecule has 0 aliphatic heterocycles. The van der Waals surface area contributed by atoms with E-state index < -0.39 is 9.04 Å². The zero-order valence-electron chi connectivity index (χ0n) is 14.7. The molecule has 129 valence electrons. The van der Waals surface area contributed by atoms with Crippen molar-refractivity contribution in [3.8, 4) is 22.9 Å². The summed E-state index contributed by atoms with van der Waals surface area (Å²) < 4.78 is 5.61. The predicted molar refractivity (Wildman–Crippen MR) is 109 cm³/mol. The fourth-order valence-electron chi connectivity index (χ4n) is 2.30. The highest BCUT2D eigenvalue weighted by molar-refractivity contribution is 6.71. The Morgan fingerprint density at radius 1 is 0.704 bits per heavy atom. The molecule has 0 saturated heterocycles. The van der Waals surface area contributed by atoms with Gasteiger partial charge in [-0.1, -0.05) is 89.7 Å². The molecule has 0 bridgehead atoms. The van der Waals surface area contributed by atoms with Crippen molar-refractivity contribution in [3.05, 3.63) is 108 Å². The molecule has 0 saturated carbocycles. The van der Waals surface area contributed by atoms with Gasteiger partial charge in [-0.05, 0) is 29.8 Å². The van der Waals surface area contributed by atoms with Gasteiger partial charge in [0.1, 0.15) is 0 Å². The predicted octanol–water partition coefficient (Wildman–Crippen LogP) is 3.95. The van der Waals surface area contributed by atoms with E-state index in [1.807, 2.05) is 91.0 Å². The average molecular weight is 365 g/mol. The molecule has 0 aliphatic rings. The van der Waals surface area contributed by atoms with Crippen LogP contribution in [0.15, 0.2) is 91.0 Å². The van der Waals surface area contributed by atoms with Crippen LogP contribution < -0.4 is 0 Å². The maximum absolute atomic E-state index is 12.3. The van der Waals surface area contributed by atoms with E-state index in [2.05, 4.69) is 22.9 Å². The van der Waals surface area contributed by atoms with Gasteiger partial charge in [-0.25, -0.2) is 0 Å². The van der Waals surface area contributed by atoms with E-state index in [-0.39, 0.29) is 12.4 Å². The molecule has 0 atom stereocenters. The van der Waals surface area contributed by atoms with Crippen molar-refractivity contribution in [1.29, 1.82) is 0 Å². The van der Waals surface area contributed by atoms with Crippen LogP contribution in [0.2, 0.25) is 0 Å². The molecule has 0 unspecified atom stereocenters. The number of carbonyl (C=O) groups excluding carboxylic acids is 1. The van der Waals surface area contributed by atoms with E-state index >= 15 is 0 Å². The molecule has 0 spiro atoms. The smallest absolute Gasteiger partial charge is 0.470 e. The van der Waals surface area contributed by atoms with Gasteiger partial charge in [-0.15, -0.1) is 0 Å². The summed E-state index contributed by atoms with van der Waals surface area (Å²) in [4.78, 5) is 12.3. The molecule has 0 fully saturated rings. The van der Waals surface area contributed by atoms with Gasteiger partial charge in [0.2, 0.25) is 0 Å². The largest absolute Gasteiger partial charge is 0.494 e. The van der Waals surface area contributed by atoms with E-state index in [1.165, 1.54) is 0 Å². The first-order valence-electron chi connectivity index (χ1n) is 8.55. The summed E-state index contributed by atoms with van der Waals surface area (Å²) in [5, 5.41) is 0. The van der Waals surface area contributed by atoms with Crippen LogP contribution in [0, 0.1) is 22.9 Å². The van der Waals surface area contributed by atoms with Gasteiger partial charge < -0.3 is 4.43 Å². The number of hydrogen-bond acceptors (Lipinski definition) is 2. The van der Waals surface area contributed by atoms with Gasteiger partial charge >= 0.3 is 9.04 Å². The minimum atomic E-state index is -1.93. The first-order chi connectivity index (χ1) is 13.3. The van der Waals surface area contributed by atoms with Crippen LogP contribution in [0.4, 0.5) is 0 Å². The SMILES string of the molecule is O=C(Cc1ccccc1)O[Si](C#Cc1ccccc1)C#Cc1ccccc1. The molecule has 0 aliphatic carbocycles. The van der Waals surface area contributed by atoms with E-state index in [4.69, 9.17) is 4.43 Å². The van der Waals surface area contributed by atoms with E-state index in [0.29, 0.717) is 0 Å². The van der Waals surface area contributed by atoms with Crippen LogP contribution >= 0.6 is 0 Å². The first kappa shape index (κ1) is 18.3. The Labute approximate surface area is 161 Å². The molecule has 1 radical (unpaired) electrons. The Kier molecular flexibility index (Phi) is 6.64. The van der Waals surface area contributed by atoms with Crippen LogP contribution in [0.3, 0.4) is 0 Å². The van der Waals surface area contributed by atoms with Crippen LogP contribution in [-0.4, -0.2) is 15.0 Å². The summed E-state index contributed by atoms with van der Waals surface area (Å²) in [6.45, 7) is 0. The minimum absolute atomic E-state index is 0.217. The van der Waals surface area contributed by atoms with Gasteiger partial charge in [-0.2, -0.15) is 0 Å². The summed E-state index contributed by atoms with van der Waals surface area (Å²) in [7, 11) is -1.93. The number of benzene rings is 3. The Balaban J connectivity index is 1.76. The van der Waals surface area contributed by atoms with Gasteiger partial charge in [-0.3, -0.25) is 4.79 Å². The van der Waals surface area contributed by atoms with Gasteiger partial charge in [0.05, 0.1) is 6.42 Å². The van der Waals surface area contributed by atoms with E-state index in [9.17, 15) is 4.79 Å². The normalized spacial score (nSPS) is 9.52. The lowest BCUT2D eigenvalue weighted by atomic mass is 10.2. The second-order valence-electron chi connectivity index (χ2n) is 5.70. The van der Waals surface area contributed by atoms with Crippen molar-refractivity contribution in [2.24, 2.45) is 0 Å². The molecular weight excluding hydrogens is 348 g/mol. The van der Waals surface area contributed by atoms with Crippen molar-refractivity contribution in [2.75, 3.05) is 0 Å². The number of carbonyl (C=O) groups is 1. The van der Waals surface area contributed by atoms with Crippen LogP contribution in [-0.2, 0) is 15.6 Å². The third-order valence-electron chi connectivity index (χ3n) is 3.60. The summed E-state index contributed by atoms with van der Waals surface area (Å²) >= 11 is 0. The Hall–Kier alpha value is -3.53. The molecule has 0 N–H and O–H groups in total. The monoisotopic (exact) mass is 365 g/mol. The Morgan fingerprint density at radius 2 is 1.15 bits per heavy atom. The van der Waals surface area contributed by atoms with Crippen molar-refractivity contribution >= 4 is 15.0 Å². The Morgan fingerprint density at radius 3 is 1.63 bits per heavy atom. The summed E-state index contributed by atoms with van der Waals surface area (Å²) in [5.74, 6) is 5.83. The summed E-state index contributed by atoms with van der Waals surface area (Å²) in [6, 6.07) is 28.8. The highest BCUT2D eigenvalue weighted by Crippen LogP contribution is 2.02. The van der Waals surface area contributed by atoms with Gasteiger partial charge in [0, 0.05) is 11.1 Å². The maximum atomic E-state index is 12.3. The van der Waals surface area contributed by atoms with E-state index in [1.54, 1.807) is 0 Å². The fraction of sp³-hybridized carbons (Fsp3) is 0.0417.